The predicted octanol–water partition coefficient (Wildman–Crippen LogP) is 2.38. The molecule has 0 spiro atoms. The summed E-state index contributed by atoms with van der Waals surface area (Å²) in [6, 6.07) is 0. The second-order valence-corrected chi connectivity index (χ2v) is 10.0. The second kappa shape index (κ2) is 5.66. The van der Waals surface area contributed by atoms with Crippen molar-refractivity contribution in [3.8, 4) is 0 Å². The Labute approximate surface area is 122 Å². The highest BCUT2D eigenvalue weighted by atomic mass is 32.2. The van der Waals surface area contributed by atoms with E-state index in [0.29, 0.717) is 19.5 Å². The maximum Gasteiger partial charge on any atom is 0.223 e. The van der Waals surface area contributed by atoms with Gasteiger partial charge in [0.2, 0.25) is 5.91 Å². The third kappa shape index (κ3) is 3.54. The van der Waals surface area contributed by atoms with Gasteiger partial charge in [-0.3, -0.25) is 4.79 Å². The monoisotopic (exact) mass is 301 g/mol. The fourth-order valence-corrected chi connectivity index (χ4v) is 5.39. The van der Waals surface area contributed by atoms with Gasteiger partial charge in [0.05, 0.1) is 10.5 Å². The van der Waals surface area contributed by atoms with E-state index in [9.17, 15) is 13.2 Å². The first-order valence-electron chi connectivity index (χ1n) is 7.71. The van der Waals surface area contributed by atoms with E-state index < -0.39 is 9.84 Å². The molecule has 0 N–H and O–H groups in total. The molecular formula is C15H27NO3S. The number of carbonyl (C=O) groups excluding carboxylic acids is 1. The molecule has 0 atom stereocenters. The molecule has 1 aliphatic heterocycles. The smallest absolute Gasteiger partial charge is 0.223 e. The lowest BCUT2D eigenvalue weighted by atomic mass is 9.91. The largest absolute Gasteiger partial charge is 0.340 e. The van der Waals surface area contributed by atoms with Crippen molar-refractivity contribution in [2.24, 2.45) is 5.41 Å². The summed E-state index contributed by atoms with van der Waals surface area (Å²) in [5, 5.41) is -0.462. The lowest BCUT2D eigenvalue weighted by Gasteiger charge is -2.41. The van der Waals surface area contributed by atoms with E-state index in [-0.39, 0.29) is 21.8 Å². The van der Waals surface area contributed by atoms with E-state index >= 15 is 0 Å². The highest BCUT2D eigenvalue weighted by Gasteiger charge is 2.43. The molecule has 20 heavy (non-hydrogen) atoms. The Morgan fingerprint density at radius 1 is 1.05 bits per heavy atom. The van der Waals surface area contributed by atoms with Crippen molar-refractivity contribution in [2.75, 3.05) is 13.1 Å². The fourth-order valence-electron chi connectivity index (χ4n) is 3.08. The van der Waals surface area contributed by atoms with Crippen molar-refractivity contribution in [2.45, 2.75) is 69.8 Å². The second-order valence-electron chi connectivity index (χ2n) is 7.51. The Morgan fingerprint density at radius 2 is 1.60 bits per heavy atom. The molecule has 0 aromatic heterocycles. The van der Waals surface area contributed by atoms with Gasteiger partial charge < -0.3 is 4.90 Å². The minimum Gasteiger partial charge on any atom is -0.340 e. The molecular weight excluding hydrogens is 274 g/mol. The van der Waals surface area contributed by atoms with Crippen LogP contribution in [-0.2, 0) is 14.6 Å². The molecule has 0 aromatic carbocycles. The van der Waals surface area contributed by atoms with Crippen LogP contribution in [0.5, 0.6) is 0 Å². The van der Waals surface area contributed by atoms with Crippen LogP contribution in [0.3, 0.4) is 0 Å². The number of hydrogen-bond donors (Lipinski definition) is 0. The molecule has 0 bridgehead atoms. The molecule has 5 heteroatoms. The number of rotatable bonds is 3. The molecule has 116 valence electrons. The summed E-state index contributed by atoms with van der Waals surface area (Å²) in [5.74, 6) is 0.0904. The lowest BCUT2D eigenvalue weighted by Crippen LogP contribution is -2.59. The van der Waals surface area contributed by atoms with Gasteiger partial charge in [-0.15, -0.1) is 0 Å². The van der Waals surface area contributed by atoms with Gasteiger partial charge in [-0.05, 0) is 18.3 Å². The Balaban J connectivity index is 1.87. The van der Waals surface area contributed by atoms with Gasteiger partial charge in [0, 0.05) is 19.5 Å². The number of nitrogens with zero attached hydrogens (tertiary/aromatic N) is 1. The first-order chi connectivity index (χ1) is 9.20. The summed E-state index contributed by atoms with van der Waals surface area (Å²) in [5.41, 5.74) is -0.0373. The standard InChI is InChI=1S/C15H27NO3S/c1-15(2,3)9-14(17)16-10-13(11-16)20(18,19)12-7-5-4-6-8-12/h12-13H,4-11H2,1-3H3. The Bertz CT molecular complexity index is 452. The van der Waals surface area contributed by atoms with E-state index in [0.717, 1.165) is 32.1 Å². The molecule has 1 saturated carbocycles. The Hall–Kier alpha value is -0.580. The van der Waals surface area contributed by atoms with Crippen LogP contribution in [0.25, 0.3) is 0 Å². The number of likely N-dealkylation sites (tertiary alicyclic amines) is 1. The van der Waals surface area contributed by atoms with E-state index in [4.69, 9.17) is 0 Å². The van der Waals surface area contributed by atoms with Crippen molar-refractivity contribution < 1.29 is 13.2 Å². The molecule has 2 fully saturated rings. The first kappa shape index (κ1) is 15.8. The van der Waals surface area contributed by atoms with E-state index in [1.54, 1.807) is 4.90 Å². The highest BCUT2D eigenvalue weighted by Crippen LogP contribution is 2.31. The lowest BCUT2D eigenvalue weighted by molar-refractivity contribution is -0.136. The molecule has 1 heterocycles. The molecule has 0 unspecified atom stereocenters. The topological polar surface area (TPSA) is 54.5 Å². The molecule has 2 rings (SSSR count). The zero-order valence-electron chi connectivity index (χ0n) is 12.9. The SMILES string of the molecule is CC(C)(C)CC(=O)N1CC(S(=O)(=O)C2CCCCC2)C1. The van der Waals surface area contributed by atoms with Crippen molar-refractivity contribution >= 4 is 15.7 Å². The molecule has 1 amide bonds. The maximum atomic E-state index is 12.5. The van der Waals surface area contributed by atoms with Gasteiger partial charge >= 0.3 is 0 Å². The van der Waals surface area contributed by atoms with Crippen molar-refractivity contribution in [3.05, 3.63) is 0 Å². The van der Waals surface area contributed by atoms with Gasteiger partial charge in [-0.2, -0.15) is 0 Å². The summed E-state index contributed by atoms with van der Waals surface area (Å²) in [6.45, 7) is 6.91. The van der Waals surface area contributed by atoms with Crippen LogP contribution in [0.4, 0.5) is 0 Å². The van der Waals surface area contributed by atoms with Gasteiger partial charge in [-0.1, -0.05) is 40.0 Å². The van der Waals surface area contributed by atoms with E-state index in [1.807, 2.05) is 20.8 Å². The highest BCUT2D eigenvalue weighted by molar-refractivity contribution is 7.92. The third-order valence-corrected chi connectivity index (χ3v) is 6.99. The molecule has 4 nitrogen and oxygen atoms in total. The van der Waals surface area contributed by atoms with E-state index in [2.05, 4.69) is 0 Å². The number of sulfone groups is 1. The number of carbonyl (C=O) groups is 1. The van der Waals surface area contributed by atoms with Gasteiger partial charge in [0.1, 0.15) is 0 Å². The van der Waals surface area contributed by atoms with Crippen LogP contribution in [-0.4, -0.2) is 42.8 Å². The number of amides is 1. The van der Waals surface area contributed by atoms with Crippen molar-refractivity contribution in [1.29, 1.82) is 0 Å². The summed E-state index contributed by atoms with van der Waals surface area (Å²) >= 11 is 0. The Kier molecular flexibility index (Phi) is 4.47. The maximum absolute atomic E-state index is 12.5. The third-order valence-electron chi connectivity index (χ3n) is 4.36. The molecule has 0 aromatic rings. The van der Waals surface area contributed by atoms with Crippen LogP contribution in [0.15, 0.2) is 0 Å². The van der Waals surface area contributed by atoms with Crippen LogP contribution < -0.4 is 0 Å². The predicted molar refractivity (Wildman–Crippen MR) is 80.2 cm³/mol. The van der Waals surface area contributed by atoms with Crippen LogP contribution in [0.2, 0.25) is 0 Å². The van der Waals surface area contributed by atoms with Crippen LogP contribution in [0.1, 0.15) is 59.3 Å². The Morgan fingerprint density at radius 3 is 2.10 bits per heavy atom. The van der Waals surface area contributed by atoms with Crippen molar-refractivity contribution in [3.63, 3.8) is 0 Å². The summed E-state index contributed by atoms with van der Waals surface area (Å²) in [6.07, 6.45) is 5.34. The first-order valence-corrected chi connectivity index (χ1v) is 9.31. The summed E-state index contributed by atoms with van der Waals surface area (Å²) in [4.78, 5) is 13.7. The zero-order chi connectivity index (χ0) is 15.0. The normalized spacial score (nSPS) is 22.6. The van der Waals surface area contributed by atoms with Crippen LogP contribution >= 0.6 is 0 Å². The van der Waals surface area contributed by atoms with Crippen molar-refractivity contribution in [1.82, 2.24) is 4.90 Å². The quantitative estimate of drug-likeness (QED) is 0.804. The average Bonchev–Trinajstić information content (AvgIpc) is 2.25. The van der Waals surface area contributed by atoms with Crippen LogP contribution in [0, 0.1) is 5.41 Å². The molecule has 1 saturated heterocycles. The van der Waals surface area contributed by atoms with Gasteiger partial charge in [-0.25, -0.2) is 8.42 Å². The number of hydrogen-bond acceptors (Lipinski definition) is 3. The molecule has 2 aliphatic rings. The average molecular weight is 301 g/mol. The minimum absolute atomic E-state index is 0.0373. The molecule has 1 aliphatic carbocycles. The molecule has 0 radical (unpaired) electrons. The minimum atomic E-state index is -3.03. The van der Waals surface area contributed by atoms with E-state index in [1.165, 1.54) is 0 Å². The van der Waals surface area contributed by atoms with Gasteiger partial charge in [0.15, 0.2) is 9.84 Å². The fraction of sp³-hybridized carbons (Fsp3) is 0.933. The summed E-state index contributed by atoms with van der Waals surface area (Å²) in [7, 11) is -3.03. The summed E-state index contributed by atoms with van der Waals surface area (Å²) < 4.78 is 25.0. The zero-order valence-corrected chi connectivity index (χ0v) is 13.7. The van der Waals surface area contributed by atoms with Gasteiger partial charge in [0.25, 0.3) is 0 Å².